The van der Waals surface area contributed by atoms with Crippen LogP contribution in [0, 0.1) is 17.8 Å². The molecular formula is C13H27NO3S. The number of hydrogen-bond acceptors (Lipinski definition) is 3. The molecule has 1 aliphatic carbocycles. The molecule has 0 bridgehead atoms. The number of nitrogens with two attached hydrogens (primary N) is 1. The molecule has 108 valence electrons. The Morgan fingerprint density at radius 2 is 2.00 bits per heavy atom. The van der Waals surface area contributed by atoms with Crippen LogP contribution in [0.3, 0.4) is 0 Å². The summed E-state index contributed by atoms with van der Waals surface area (Å²) in [6.07, 6.45) is 5.00. The molecule has 0 aliphatic heterocycles. The SMILES string of the molecule is CC1CCCC(OCC(CS(N)(=O)=O)C(C)C)C1. The first-order chi connectivity index (χ1) is 8.28. The molecule has 1 rings (SSSR count). The maximum atomic E-state index is 11.2. The fourth-order valence-corrected chi connectivity index (χ4v) is 3.60. The molecule has 0 aromatic carbocycles. The monoisotopic (exact) mass is 277 g/mol. The van der Waals surface area contributed by atoms with Crippen molar-refractivity contribution in [3.8, 4) is 0 Å². The zero-order valence-corrected chi connectivity index (χ0v) is 12.6. The van der Waals surface area contributed by atoms with Gasteiger partial charge in [0.05, 0.1) is 18.5 Å². The van der Waals surface area contributed by atoms with E-state index in [0.717, 1.165) is 18.8 Å². The minimum Gasteiger partial charge on any atom is -0.378 e. The van der Waals surface area contributed by atoms with Gasteiger partial charge in [0.25, 0.3) is 0 Å². The minimum atomic E-state index is -3.41. The Balaban J connectivity index is 2.42. The lowest BCUT2D eigenvalue weighted by molar-refractivity contribution is -0.00673. The molecule has 0 aromatic heterocycles. The van der Waals surface area contributed by atoms with Gasteiger partial charge in [-0.1, -0.05) is 33.6 Å². The number of rotatable bonds is 6. The fourth-order valence-electron chi connectivity index (χ4n) is 2.52. The van der Waals surface area contributed by atoms with Crippen LogP contribution in [0.5, 0.6) is 0 Å². The van der Waals surface area contributed by atoms with Crippen LogP contribution in [0.25, 0.3) is 0 Å². The lowest BCUT2D eigenvalue weighted by Crippen LogP contribution is -2.32. The van der Waals surface area contributed by atoms with Crippen molar-refractivity contribution in [2.24, 2.45) is 22.9 Å². The Morgan fingerprint density at radius 1 is 1.33 bits per heavy atom. The van der Waals surface area contributed by atoms with Crippen LogP contribution in [-0.4, -0.2) is 26.9 Å². The van der Waals surface area contributed by atoms with E-state index in [0.29, 0.717) is 12.7 Å². The van der Waals surface area contributed by atoms with Gasteiger partial charge in [-0.05, 0) is 30.6 Å². The molecule has 1 aliphatic rings. The lowest BCUT2D eigenvalue weighted by atomic mass is 9.88. The highest BCUT2D eigenvalue weighted by Crippen LogP contribution is 2.26. The molecule has 2 N–H and O–H groups in total. The van der Waals surface area contributed by atoms with Crippen molar-refractivity contribution in [2.45, 2.75) is 52.6 Å². The topological polar surface area (TPSA) is 69.4 Å². The van der Waals surface area contributed by atoms with Gasteiger partial charge in [-0.25, -0.2) is 13.6 Å². The Kier molecular flexibility index (Phi) is 6.08. The van der Waals surface area contributed by atoms with Crippen LogP contribution in [0.1, 0.15) is 46.5 Å². The second-order valence-electron chi connectivity index (χ2n) is 6.06. The summed E-state index contributed by atoms with van der Waals surface area (Å²) in [7, 11) is -3.41. The first-order valence-electron chi connectivity index (χ1n) is 6.90. The summed E-state index contributed by atoms with van der Waals surface area (Å²) in [5.41, 5.74) is 0. The number of sulfonamides is 1. The van der Waals surface area contributed by atoms with Gasteiger partial charge in [0.2, 0.25) is 10.0 Å². The lowest BCUT2D eigenvalue weighted by Gasteiger charge is -2.29. The van der Waals surface area contributed by atoms with E-state index in [1.807, 2.05) is 13.8 Å². The van der Waals surface area contributed by atoms with Crippen molar-refractivity contribution in [1.82, 2.24) is 0 Å². The van der Waals surface area contributed by atoms with Crippen LogP contribution in [0.4, 0.5) is 0 Å². The first-order valence-corrected chi connectivity index (χ1v) is 8.61. The summed E-state index contributed by atoms with van der Waals surface area (Å²) in [4.78, 5) is 0. The van der Waals surface area contributed by atoms with Gasteiger partial charge in [0.15, 0.2) is 0 Å². The van der Waals surface area contributed by atoms with E-state index in [1.54, 1.807) is 0 Å². The fraction of sp³-hybridized carbons (Fsp3) is 1.00. The van der Waals surface area contributed by atoms with Crippen molar-refractivity contribution < 1.29 is 13.2 Å². The first kappa shape index (κ1) is 15.9. The maximum absolute atomic E-state index is 11.2. The summed E-state index contributed by atoms with van der Waals surface area (Å²) >= 11 is 0. The summed E-state index contributed by atoms with van der Waals surface area (Å²) < 4.78 is 28.2. The Hall–Kier alpha value is -0.130. The number of hydrogen-bond donors (Lipinski definition) is 1. The average Bonchev–Trinajstić information content (AvgIpc) is 2.22. The standard InChI is InChI=1S/C13H27NO3S/c1-10(2)12(9-18(14,15)16)8-17-13-6-4-5-11(3)7-13/h10-13H,4-9H2,1-3H3,(H2,14,15,16). The largest absolute Gasteiger partial charge is 0.378 e. The van der Waals surface area contributed by atoms with Crippen molar-refractivity contribution >= 4 is 10.0 Å². The molecule has 1 fully saturated rings. The Morgan fingerprint density at radius 3 is 2.50 bits per heavy atom. The zero-order chi connectivity index (χ0) is 13.8. The average molecular weight is 277 g/mol. The third kappa shape index (κ3) is 6.16. The summed E-state index contributed by atoms with van der Waals surface area (Å²) in [6.45, 7) is 6.79. The van der Waals surface area contributed by atoms with Gasteiger partial charge >= 0.3 is 0 Å². The summed E-state index contributed by atoms with van der Waals surface area (Å²) in [6, 6.07) is 0. The van der Waals surface area contributed by atoms with E-state index in [9.17, 15) is 8.42 Å². The molecule has 0 spiro atoms. The van der Waals surface area contributed by atoms with E-state index in [1.165, 1.54) is 12.8 Å². The molecule has 3 atom stereocenters. The minimum absolute atomic E-state index is 0.00256. The third-order valence-electron chi connectivity index (χ3n) is 3.82. The van der Waals surface area contributed by atoms with E-state index < -0.39 is 10.0 Å². The summed E-state index contributed by atoms with van der Waals surface area (Å²) in [5, 5.41) is 5.12. The quantitative estimate of drug-likeness (QED) is 0.808. The molecule has 4 nitrogen and oxygen atoms in total. The third-order valence-corrected chi connectivity index (χ3v) is 4.72. The van der Waals surface area contributed by atoms with Crippen molar-refractivity contribution in [2.75, 3.05) is 12.4 Å². The van der Waals surface area contributed by atoms with Crippen molar-refractivity contribution in [3.63, 3.8) is 0 Å². The van der Waals surface area contributed by atoms with Gasteiger partial charge in [-0.15, -0.1) is 0 Å². The molecule has 18 heavy (non-hydrogen) atoms. The van der Waals surface area contributed by atoms with Crippen LogP contribution >= 0.6 is 0 Å². The highest BCUT2D eigenvalue weighted by atomic mass is 32.2. The van der Waals surface area contributed by atoms with E-state index in [4.69, 9.17) is 9.88 Å². The zero-order valence-electron chi connectivity index (χ0n) is 11.8. The number of ether oxygens (including phenoxy) is 1. The highest BCUT2D eigenvalue weighted by molar-refractivity contribution is 7.89. The van der Waals surface area contributed by atoms with Crippen LogP contribution in [0.2, 0.25) is 0 Å². The number of primary sulfonamides is 1. The van der Waals surface area contributed by atoms with Crippen molar-refractivity contribution in [3.05, 3.63) is 0 Å². The molecular weight excluding hydrogens is 250 g/mol. The van der Waals surface area contributed by atoms with E-state index in [-0.39, 0.29) is 17.6 Å². The molecule has 5 heteroatoms. The van der Waals surface area contributed by atoms with E-state index in [2.05, 4.69) is 6.92 Å². The van der Waals surface area contributed by atoms with Crippen LogP contribution in [-0.2, 0) is 14.8 Å². The maximum Gasteiger partial charge on any atom is 0.209 e. The Labute approximate surface area is 111 Å². The van der Waals surface area contributed by atoms with Gasteiger partial charge in [0.1, 0.15) is 0 Å². The summed E-state index contributed by atoms with van der Waals surface area (Å²) in [5.74, 6) is 1.01. The second kappa shape index (κ2) is 6.87. The molecule has 1 saturated carbocycles. The molecule has 0 aromatic rings. The van der Waals surface area contributed by atoms with E-state index >= 15 is 0 Å². The smallest absolute Gasteiger partial charge is 0.209 e. The second-order valence-corrected chi connectivity index (χ2v) is 7.72. The normalized spacial score (nSPS) is 27.4. The highest BCUT2D eigenvalue weighted by Gasteiger charge is 2.24. The van der Waals surface area contributed by atoms with Crippen LogP contribution < -0.4 is 5.14 Å². The molecule has 0 amide bonds. The van der Waals surface area contributed by atoms with Crippen LogP contribution in [0.15, 0.2) is 0 Å². The predicted molar refractivity (Wildman–Crippen MR) is 73.7 cm³/mol. The molecule has 3 unspecified atom stereocenters. The van der Waals surface area contributed by atoms with Gasteiger partial charge < -0.3 is 4.74 Å². The molecule has 0 saturated heterocycles. The molecule has 0 heterocycles. The van der Waals surface area contributed by atoms with Gasteiger partial charge in [-0.2, -0.15) is 0 Å². The predicted octanol–water partition coefficient (Wildman–Crippen LogP) is 2.14. The van der Waals surface area contributed by atoms with Gasteiger partial charge in [0, 0.05) is 0 Å². The van der Waals surface area contributed by atoms with Crippen molar-refractivity contribution in [1.29, 1.82) is 0 Å². The Bertz CT molecular complexity index is 340. The van der Waals surface area contributed by atoms with Gasteiger partial charge in [-0.3, -0.25) is 0 Å². The molecule has 0 radical (unpaired) electrons.